The number of benzene rings is 1. The summed E-state index contributed by atoms with van der Waals surface area (Å²) in [5.74, 6) is 2.81. The molecule has 2 N–H and O–H groups in total. The van der Waals surface area contributed by atoms with Gasteiger partial charge in [-0.1, -0.05) is 0 Å². The van der Waals surface area contributed by atoms with Gasteiger partial charge in [-0.15, -0.1) is 11.3 Å². The van der Waals surface area contributed by atoms with Gasteiger partial charge in [0.15, 0.2) is 17.5 Å². The van der Waals surface area contributed by atoms with Crippen LogP contribution in [0.4, 0.5) is 5.69 Å². The average molecular weight is 418 g/mol. The lowest BCUT2D eigenvalue weighted by Crippen LogP contribution is -2.40. The number of anilines is 1. The molecule has 8 heteroatoms. The molecule has 158 valence electrons. The molecule has 0 unspecified atom stereocenters. The largest absolute Gasteiger partial charge is 0.493 e. The van der Waals surface area contributed by atoms with Crippen molar-refractivity contribution in [1.29, 1.82) is 0 Å². The first-order valence-corrected chi connectivity index (χ1v) is 10.8. The van der Waals surface area contributed by atoms with E-state index in [9.17, 15) is 0 Å². The summed E-state index contributed by atoms with van der Waals surface area (Å²) >= 11 is 1.73. The van der Waals surface area contributed by atoms with Crippen LogP contribution in [-0.2, 0) is 6.54 Å². The lowest BCUT2D eigenvalue weighted by Gasteiger charge is -2.31. The van der Waals surface area contributed by atoms with E-state index in [0.29, 0.717) is 17.4 Å². The highest BCUT2D eigenvalue weighted by Gasteiger charge is 2.20. The Kier molecular flexibility index (Phi) is 7.71. The van der Waals surface area contributed by atoms with Gasteiger partial charge in [0.1, 0.15) is 0 Å². The van der Waals surface area contributed by atoms with Gasteiger partial charge in [0.05, 0.1) is 24.9 Å². The van der Waals surface area contributed by atoms with Crippen LogP contribution in [0.1, 0.15) is 23.5 Å². The number of aromatic nitrogens is 1. The molecule has 3 rings (SSSR count). The van der Waals surface area contributed by atoms with Crippen molar-refractivity contribution >= 4 is 23.0 Å². The zero-order valence-corrected chi connectivity index (χ0v) is 18.5. The number of hydrogen-bond donors (Lipinski definition) is 2. The topological polar surface area (TPSA) is 71.0 Å². The van der Waals surface area contributed by atoms with Crippen LogP contribution in [0, 0.1) is 12.8 Å². The molecule has 0 spiro atoms. The summed E-state index contributed by atoms with van der Waals surface area (Å²) in [5.41, 5.74) is 2.10. The fourth-order valence-electron chi connectivity index (χ4n) is 3.53. The van der Waals surface area contributed by atoms with Crippen LogP contribution in [0.25, 0.3) is 0 Å². The van der Waals surface area contributed by atoms with Crippen molar-refractivity contribution < 1.29 is 9.47 Å². The standard InChI is InChI=1S/C21H31N5O2S/c1-15-24-18(14-29-15)13-26-9-7-16(8-10-26)12-23-21(22-2)25-17-5-6-19(27-3)20(11-17)28-4/h5-6,11,14,16H,7-10,12-13H2,1-4H3,(H2,22,23,25). The number of aryl methyl sites for hydroxylation is 1. The predicted molar refractivity (Wildman–Crippen MR) is 119 cm³/mol. The van der Waals surface area contributed by atoms with Crippen LogP contribution in [0.2, 0.25) is 0 Å². The number of nitrogens with zero attached hydrogens (tertiary/aromatic N) is 3. The van der Waals surface area contributed by atoms with Gasteiger partial charge in [0, 0.05) is 37.3 Å². The Labute approximate surface area is 177 Å². The number of piperidine rings is 1. The van der Waals surface area contributed by atoms with Gasteiger partial charge in [-0.3, -0.25) is 9.89 Å². The van der Waals surface area contributed by atoms with E-state index in [0.717, 1.165) is 42.8 Å². The van der Waals surface area contributed by atoms with Crippen LogP contribution in [0.15, 0.2) is 28.6 Å². The van der Waals surface area contributed by atoms with Gasteiger partial charge < -0.3 is 20.1 Å². The van der Waals surface area contributed by atoms with Gasteiger partial charge in [0.25, 0.3) is 0 Å². The molecule has 0 saturated carbocycles. The zero-order valence-electron chi connectivity index (χ0n) is 17.7. The second kappa shape index (κ2) is 10.5. The summed E-state index contributed by atoms with van der Waals surface area (Å²) < 4.78 is 10.7. The van der Waals surface area contributed by atoms with Gasteiger partial charge in [-0.05, 0) is 50.9 Å². The summed E-state index contributed by atoms with van der Waals surface area (Å²) in [6.45, 7) is 6.17. The van der Waals surface area contributed by atoms with E-state index in [1.165, 1.54) is 18.5 Å². The minimum Gasteiger partial charge on any atom is -0.493 e. The van der Waals surface area contributed by atoms with Gasteiger partial charge in [-0.2, -0.15) is 0 Å². The SMILES string of the molecule is CN=C(NCC1CCN(Cc2csc(C)n2)CC1)Nc1ccc(OC)c(OC)c1. The van der Waals surface area contributed by atoms with Crippen molar-refractivity contribution in [3.8, 4) is 11.5 Å². The maximum Gasteiger partial charge on any atom is 0.195 e. The molecule has 0 bridgehead atoms. The summed E-state index contributed by atoms with van der Waals surface area (Å²) in [6, 6.07) is 5.74. The third-order valence-corrected chi connectivity index (χ3v) is 6.01. The molecule has 2 heterocycles. The molecule has 0 aliphatic carbocycles. The van der Waals surface area contributed by atoms with Crippen LogP contribution < -0.4 is 20.1 Å². The molecule has 1 aliphatic rings. The first kappa shape index (κ1) is 21.4. The third-order valence-electron chi connectivity index (χ3n) is 5.19. The van der Waals surface area contributed by atoms with Crippen molar-refractivity contribution in [3.05, 3.63) is 34.3 Å². The Morgan fingerprint density at radius 2 is 2.00 bits per heavy atom. The fourth-order valence-corrected chi connectivity index (χ4v) is 4.13. The summed E-state index contributed by atoms with van der Waals surface area (Å²) in [4.78, 5) is 11.4. The number of thiazole rings is 1. The lowest BCUT2D eigenvalue weighted by atomic mass is 9.97. The molecule has 1 aromatic carbocycles. The average Bonchev–Trinajstić information content (AvgIpc) is 3.16. The quantitative estimate of drug-likeness (QED) is 0.532. The van der Waals surface area contributed by atoms with Crippen molar-refractivity contribution in [2.24, 2.45) is 10.9 Å². The van der Waals surface area contributed by atoms with Gasteiger partial charge in [0.2, 0.25) is 0 Å². The van der Waals surface area contributed by atoms with Crippen LogP contribution in [0.3, 0.4) is 0 Å². The Morgan fingerprint density at radius 1 is 1.24 bits per heavy atom. The van der Waals surface area contributed by atoms with E-state index >= 15 is 0 Å². The van der Waals surface area contributed by atoms with Crippen molar-refractivity contribution in [2.75, 3.05) is 46.2 Å². The van der Waals surface area contributed by atoms with E-state index in [-0.39, 0.29) is 0 Å². The number of likely N-dealkylation sites (tertiary alicyclic amines) is 1. The van der Waals surface area contributed by atoms with E-state index in [1.54, 1.807) is 32.6 Å². The van der Waals surface area contributed by atoms with Crippen molar-refractivity contribution in [3.63, 3.8) is 0 Å². The first-order valence-electron chi connectivity index (χ1n) is 9.94. The highest BCUT2D eigenvalue weighted by molar-refractivity contribution is 7.09. The van der Waals surface area contributed by atoms with Crippen LogP contribution >= 0.6 is 11.3 Å². The summed E-state index contributed by atoms with van der Waals surface area (Å²) in [6.07, 6.45) is 2.37. The number of guanidine groups is 1. The first-order chi connectivity index (χ1) is 14.1. The molecule has 0 radical (unpaired) electrons. The normalized spacial score (nSPS) is 15.9. The maximum atomic E-state index is 5.37. The highest BCUT2D eigenvalue weighted by atomic mass is 32.1. The Morgan fingerprint density at radius 3 is 2.62 bits per heavy atom. The maximum absolute atomic E-state index is 5.37. The van der Waals surface area contributed by atoms with Crippen LogP contribution in [0.5, 0.6) is 11.5 Å². The van der Waals surface area contributed by atoms with Crippen LogP contribution in [-0.4, -0.2) is 56.7 Å². The number of methoxy groups -OCH3 is 2. The monoisotopic (exact) mass is 417 g/mol. The Balaban J connectivity index is 1.44. The van der Waals surface area contributed by atoms with Crippen molar-refractivity contribution in [1.82, 2.24) is 15.2 Å². The molecule has 1 aromatic heterocycles. The minimum absolute atomic E-state index is 0.646. The third kappa shape index (κ3) is 6.08. The molecule has 2 aromatic rings. The molecule has 0 atom stereocenters. The Bertz CT molecular complexity index is 815. The zero-order chi connectivity index (χ0) is 20.6. The molecular weight excluding hydrogens is 386 g/mol. The van der Waals surface area contributed by atoms with Gasteiger partial charge >= 0.3 is 0 Å². The molecule has 0 amide bonds. The molecular formula is C21H31N5O2S. The second-order valence-corrected chi connectivity index (χ2v) is 8.29. The predicted octanol–water partition coefficient (Wildman–Crippen LogP) is 3.37. The van der Waals surface area contributed by atoms with Gasteiger partial charge in [-0.25, -0.2) is 4.98 Å². The number of hydrogen-bond acceptors (Lipinski definition) is 6. The molecule has 1 saturated heterocycles. The van der Waals surface area contributed by atoms with E-state index in [1.807, 2.05) is 18.2 Å². The van der Waals surface area contributed by atoms with E-state index < -0.39 is 0 Å². The van der Waals surface area contributed by atoms with Crippen molar-refractivity contribution in [2.45, 2.75) is 26.3 Å². The molecule has 1 fully saturated rings. The summed E-state index contributed by atoms with van der Waals surface area (Å²) in [7, 11) is 5.06. The number of aliphatic imine (C=N–C) groups is 1. The lowest BCUT2D eigenvalue weighted by molar-refractivity contribution is 0.176. The fraction of sp³-hybridized carbons (Fsp3) is 0.524. The number of nitrogens with one attached hydrogen (secondary N) is 2. The number of rotatable bonds is 7. The minimum atomic E-state index is 0.646. The molecule has 29 heavy (non-hydrogen) atoms. The number of ether oxygens (including phenoxy) is 2. The Hall–Kier alpha value is -2.32. The molecule has 1 aliphatic heterocycles. The van der Waals surface area contributed by atoms with E-state index in [4.69, 9.17) is 9.47 Å². The molecule has 7 nitrogen and oxygen atoms in total. The highest BCUT2D eigenvalue weighted by Crippen LogP contribution is 2.29. The second-order valence-electron chi connectivity index (χ2n) is 7.23. The smallest absolute Gasteiger partial charge is 0.195 e. The summed E-state index contributed by atoms with van der Waals surface area (Å²) in [5, 5.41) is 10.1. The van der Waals surface area contributed by atoms with E-state index in [2.05, 4.69) is 37.8 Å².